The maximum Gasteiger partial charge on any atom is 0.344 e. The summed E-state index contributed by atoms with van der Waals surface area (Å²) in [5.41, 5.74) is -0.879. The lowest BCUT2D eigenvalue weighted by atomic mass is 9.83. The van der Waals surface area contributed by atoms with Crippen molar-refractivity contribution < 1.29 is 19.1 Å². The molecule has 0 unspecified atom stereocenters. The van der Waals surface area contributed by atoms with E-state index >= 15 is 0 Å². The molecule has 1 rings (SSSR count). The molecule has 22 heavy (non-hydrogen) atoms. The van der Waals surface area contributed by atoms with Crippen LogP contribution in [0.5, 0.6) is 0 Å². The van der Waals surface area contributed by atoms with Crippen LogP contribution in [0.25, 0.3) is 0 Å². The topological polar surface area (TPSA) is 52.6 Å². The molecule has 1 aliphatic rings. The maximum atomic E-state index is 11.9. The van der Waals surface area contributed by atoms with Gasteiger partial charge in [0.2, 0.25) is 0 Å². The van der Waals surface area contributed by atoms with Crippen molar-refractivity contribution in [2.45, 2.75) is 93.1 Å². The fourth-order valence-corrected chi connectivity index (χ4v) is 2.46. The third-order valence-corrected chi connectivity index (χ3v) is 4.50. The number of hydrogen-bond acceptors (Lipinski definition) is 4. The van der Waals surface area contributed by atoms with E-state index in [9.17, 15) is 9.59 Å². The number of carbonyl (C=O) groups excluding carboxylic acids is 2. The average Bonchev–Trinajstić information content (AvgIpc) is 2.45. The lowest BCUT2D eigenvalue weighted by Crippen LogP contribution is -2.38. The van der Waals surface area contributed by atoms with Crippen molar-refractivity contribution in [3.63, 3.8) is 0 Å². The van der Waals surface area contributed by atoms with E-state index in [0.717, 1.165) is 32.1 Å². The predicted octanol–water partition coefficient (Wildman–Crippen LogP) is 4.89. The lowest BCUT2D eigenvalue weighted by molar-refractivity contribution is -0.176. The highest BCUT2D eigenvalue weighted by Gasteiger charge is 2.35. The second-order valence-electron chi connectivity index (χ2n) is 6.38. The van der Waals surface area contributed by atoms with Gasteiger partial charge in [0.05, 0.1) is 5.41 Å². The quantitative estimate of drug-likeness (QED) is 0.654. The molecular weight excluding hydrogens is 280 g/mol. The minimum Gasteiger partial charge on any atom is -0.457 e. The standard InChI is InChI=1S/C16H28O4.2CH4/c1-5-15(3,4)14(18)19-12-13(17)20-16(6-2)10-8-7-9-11-16;;/h5-12H2,1-4H3;2*1H4. The van der Waals surface area contributed by atoms with Gasteiger partial charge in [-0.1, -0.05) is 35.1 Å². The van der Waals surface area contributed by atoms with Gasteiger partial charge in [-0.05, 0) is 52.4 Å². The van der Waals surface area contributed by atoms with Crippen LogP contribution in [0.3, 0.4) is 0 Å². The molecular formula is C18H36O4. The Morgan fingerprint density at radius 2 is 1.59 bits per heavy atom. The first kappa shape index (κ1) is 23.2. The summed E-state index contributed by atoms with van der Waals surface area (Å²) in [6, 6.07) is 0. The molecule has 132 valence electrons. The number of esters is 2. The molecule has 0 N–H and O–H groups in total. The number of ether oxygens (including phenoxy) is 2. The van der Waals surface area contributed by atoms with Crippen LogP contribution in [0, 0.1) is 5.41 Å². The van der Waals surface area contributed by atoms with Gasteiger partial charge in [-0.15, -0.1) is 0 Å². The van der Waals surface area contributed by atoms with Crippen LogP contribution in [0.15, 0.2) is 0 Å². The van der Waals surface area contributed by atoms with E-state index in [0.29, 0.717) is 6.42 Å². The van der Waals surface area contributed by atoms with Crippen LogP contribution in [0.1, 0.15) is 87.5 Å². The summed E-state index contributed by atoms with van der Waals surface area (Å²) in [5.74, 6) is -0.764. The van der Waals surface area contributed by atoms with E-state index in [2.05, 4.69) is 0 Å². The fourth-order valence-electron chi connectivity index (χ4n) is 2.46. The second-order valence-corrected chi connectivity index (χ2v) is 6.38. The number of hydrogen-bond donors (Lipinski definition) is 0. The van der Waals surface area contributed by atoms with Crippen LogP contribution in [0.4, 0.5) is 0 Å². The average molecular weight is 316 g/mol. The number of rotatable bonds is 6. The summed E-state index contributed by atoms with van der Waals surface area (Å²) in [4.78, 5) is 23.7. The Balaban J connectivity index is 0. The zero-order chi connectivity index (χ0) is 15.2. The van der Waals surface area contributed by atoms with Gasteiger partial charge < -0.3 is 9.47 Å². The van der Waals surface area contributed by atoms with Crippen molar-refractivity contribution in [1.82, 2.24) is 0 Å². The fraction of sp³-hybridized carbons (Fsp3) is 0.889. The van der Waals surface area contributed by atoms with Gasteiger partial charge in [0, 0.05) is 0 Å². The Kier molecular flexibility index (Phi) is 10.4. The Morgan fingerprint density at radius 3 is 2.05 bits per heavy atom. The maximum absolute atomic E-state index is 11.9. The smallest absolute Gasteiger partial charge is 0.344 e. The Bertz CT molecular complexity index is 341. The first-order valence-corrected chi connectivity index (χ1v) is 7.74. The molecule has 0 amide bonds. The third-order valence-electron chi connectivity index (χ3n) is 4.50. The molecule has 0 aromatic carbocycles. The SMILES string of the molecule is C.C.CCC1(OC(=O)COC(=O)C(C)(C)CC)CCCCC1. The zero-order valence-electron chi connectivity index (χ0n) is 13.3. The molecule has 4 nitrogen and oxygen atoms in total. The van der Waals surface area contributed by atoms with Gasteiger partial charge in [-0.3, -0.25) is 4.79 Å². The van der Waals surface area contributed by atoms with Gasteiger partial charge in [-0.25, -0.2) is 4.79 Å². The first-order valence-electron chi connectivity index (χ1n) is 7.74. The zero-order valence-corrected chi connectivity index (χ0v) is 13.3. The molecule has 0 aliphatic heterocycles. The lowest BCUT2D eigenvalue weighted by Gasteiger charge is -2.36. The molecule has 0 aromatic rings. The van der Waals surface area contributed by atoms with Crippen LogP contribution >= 0.6 is 0 Å². The highest BCUT2D eigenvalue weighted by atomic mass is 16.6. The second kappa shape index (κ2) is 9.86. The monoisotopic (exact) mass is 316 g/mol. The largest absolute Gasteiger partial charge is 0.457 e. The summed E-state index contributed by atoms with van der Waals surface area (Å²) in [5, 5.41) is 0. The van der Waals surface area contributed by atoms with E-state index in [1.165, 1.54) is 6.42 Å². The Labute approximate surface area is 136 Å². The predicted molar refractivity (Wildman–Crippen MR) is 90.7 cm³/mol. The van der Waals surface area contributed by atoms with E-state index in [4.69, 9.17) is 9.47 Å². The minimum absolute atomic E-state index is 0. The Hall–Kier alpha value is -1.06. The van der Waals surface area contributed by atoms with Crippen molar-refractivity contribution in [3.8, 4) is 0 Å². The van der Waals surface area contributed by atoms with Crippen molar-refractivity contribution in [3.05, 3.63) is 0 Å². The molecule has 0 bridgehead atoms. The minimum atomic E-state index is -0.548. The molecule has 0 atom stereocenters. The molecule has 0 saturated heterocycles. The number of carbonyl (C=O) groups is 2. The van der Waals surface area contributed by atoms with Crippen molar-refractivity contribution in [1.29, 1.82) is 0 Å². The molecule has 0 heterocycles. The molecule has 0 radical (unpaired) electrons. The molecule has 1 aliphatic carbocycles. The van der Waals surface area contributed by atoms with Gasteiger partial charge in [0.15, 0.2) is 6.61 Å². The van der Waals surface area contributed by atoms with Crippen molar-refractivity contribution >= 4 is 11.9 Å². The van der Waals surface area contributed by atoms with Crippen LogP contribution < -0.4 is 0 Å². The van der Waals surface area contributed by atoms with Gasteiger partial charge in [-0.2, -0.15) is 0 Å². The van der Waals surface area contributed by atoms with E-state index in [-0.39, 0.29) is 33.0 Å². The highest BCUT2D eigenvalue weighted by Crippen LogP contribution is 2.34. The summed E-state index contributed by atoms with van der Waals surface area (Å²) >= 11 is 0. The molecule has 0 aromatic heterocycles. The van der Waals surface area contributed by atoms with Gasteiger partial charge in [0.25, 0.3) is 0 Å². The molecule has 4 heteroatoms. The van der Waals surface area contributed by atoms with E-state index in [1.807, 2.05) is 27.7 Å². The highest BCUT2D eigenvalue weighted by molar-refractivity contribution is 5.79. The Morgan fingerprint density at radius 1 is 1.05 bits per heavy atom. The summed E-state index contributed by atoms with van der Waals surface area (Å²) in [6.45, 7) is 7.33. The summed E-state index contributed by atoms with van der Waals surface area (Å²) in [6.07, 6.45) is 6.76. The first-order chi connectivity index (χ1) is 9.35. The molecule has 1 saturated carbocycles. The van der Waals surface area contributed by atoms with Crippen LogP contribution in [0.2, 0.25) is 0 Å². The van der Waals surface area contributed by atoms with Crippen molar-refractivity contribution in [2.24, 2.45) is 5.41 Å². The van der Waals surface area contributed by atoms with Crippen LogP contribution in [-0.4, -0.2) is 24.1 Å². The van der Waals surface area contributed by atoms with Gasteiger partial charge in [0.1, 0.15) is 5.60 Å². The third kappa shape index (κ3) is 6.37. The van der Waals surface area contributed by atoms with E-state index < -0.39 is 11.4 Å². The summed E-state index contributed by atoms with van der Waals surface area (Å²) < 4.78 is 10.7. The van der Waals surface area contributed by atoms with Gasteiger partial charge >= 0.3 is 11.9 Å². The molecule has 1 fully saturated rings. The summed E-state index contributed by atoms with van der Waals surface area (Å²) in [7, 11) is 0. The normalized spacial score (nSPS) is 16.7. The van der Waals surface area contributed by atoms with Crippen LogP contribution in [-0.2, 0) is 19.1 Å². The molecule has 0 spiro atoms. The van der Waals surface area contributed by atoms with E-state index in [1.54, 1.807) is 0 Å². The van der Waals surface area contributed by atoms with Crippen molar-refractivity contribution in [2.75, 3.05) is 6.61 Å².